The zero-order valence-electron chi connectivity index (χ0n) is 29.0. The highest BCUT2D eigenvalue weighted by atomic mass is 15.0. The van der Waals surface area contributed by atoms with Crippen LogP contribution in [0, 0.1) is 6.57 Å². The highest BCUT2D eigenvalue weighted by Gasteiger charge is 2.19. The largest absolute Gasteiger partial charge is 0.238 e. The molecule has 0 radical (unpaired) electrons. The molecule has 0 fully saturated rings. The minimum absolute atomic E-state index is 0.562. The van der Waals surface area contributed by atoms with E-state index >= 15 is 0 Å². The first-order chi connectivity index (χ1) is 26.7. The summed E-state index contributed by atoms with van der Waals surface area (Å²) in [6, 6.07) is 60.6. The van der Waals surface area contributed by atoms with Gasteiger partial charge in [0.05, 0.1) is 17.8 Å². The molecule has 0 N–H and O–H groups in total. The van der Waals surface area contributed by atoms with Crippen molar-refractivity contribution in [1.82, 2.24) is 24.9 Å². The molecular weight excluding hydrogens is 661 g/mol. The number of hydrogen-bond acceptors (Lipinski definition) is 5. The maximum Gasteiger partial charge on any atom is 0.187 e. The molecule has 252 valence electrons. The van der Waals surface area contributed by atoms with E-state index in [1.807, 2.05) is 133 Å². The van der Waals surface area contributed by atoms with Gasteiger partial charge in [-0.25, -0.2) is 29.8 Å². The van der Waals surface area contributed by atoms with Crippen LogP contribution in [0.1, 0.15) is 0 Å². The Morgan fingerprint density at radius 1 is 0.333 bits per heavy atom. The van der Waals surface area contributed by atoms with E-state index in [-0.39, 0.29) is 0 Å². The molecule has 2 heterocycles. The number of benzene rings is 7. The Morgan fingerprint density at radius 2 is 0.833 bits per heavy atom. The summed E-state index contributed by atoms with van der Waals surface area (Å²) >= 11 is 0. The Balaban J connectivity index is 1.25. The van der Waals surface area contributed by atoms with Crippen LogP contribution < -0.4 is 0 Å². The molecule has 0 amide bonds. The summed E-state index contributed by atoms with van der Waals surface area (Å²) in [6.07, 6.45) is 0. The molecule has 6 heteroatoms. The summed E-state index contributed by atoms with van der Waals surface area (Å²) < 4.78 is 0. The van der Waals surface area contributed by atoms with Gasteiger partial charge in [-0.3, -0.25) is 0 Å². The molecule has 7 aromatic carbocycles. The molecule has 9 aromatic rings. The average molecular weight is 691 g/mol. The van der Waals surface area contributed by atoms with Gasteiger partial charge < -0.3 is 0 Å². The van der Waals surface area contributed by atoms with E-state index in [1.54, 1.807) is 0 Å². The fraction of sp³-hybridized carbons (Fsp3) is 0. The van der Waals surface area contributed by atoms with Crippen LogP contribution in [0.15, 0.2) is 182 Å². The molecule has 54 heavy (non-hydrogen) atoms. The SMILES string of the molecule is [C-]#[N+]c1ccc(-c2cc(-c3nc(-c4ccccc4)nc(-c4ccccc4)n3)ccc2-c2ccccc2-c2nc(-c3ccccc3)c3ccccc3n2)cc1. The van der Waals surface area contributed by atoms with Gasteiger partial charge in [0.1, 0.15) is 0 Å². The molecule has 0 spiro atoms. The third kappa shape index (κ3) is 6.27. The average Bonchev–Trinajstić information content (AvgIpc) is 3.26. The van der Waals surface area contributed by atoms with Gasteiger partial charge in [-0.05, 0) is 34.4 Å². The minimum Gasteiger partial charge on any atom is -0.238 e. The van der Waals surface area contributed by atoms with Gasteiger partial charge >= 0.3 is 0 Å². The molecule has 0 saturated carbocycles. The van der Waals surface area contributed by atoms with Crippen molar-refractivity contribution in [3.63, 3.8) is 0 Å². The predicted octanol–water partition coefficient (Wildman–Crippen LogP) is 12.0. The maximum atomic E-state index is 7.57. The molecular formula is C48H30N6. The van der Waals surface area contributed by atoms with Gasteiger partial charge in [-0.15, -0.1) is 0 Å². The Hall–Kier alpha value is -7.62. The van der Waals surface area contributed by atoms with Crippen LogP contribution in [0.4, 0.5) is 5.69 Å². The summed E-state index contributed by atoms with van der Waals surface area (Å²) in [6.45, 7) is 7.57. The van der Waals surface area contributed by atoms with E-state index in [9.17, 15) is 0 Å². The quantitative estimate of drug-likeness (QED) is 0.156. The second-order valence-electron chi connectivity index (χ2n) is 12.8. The summed E-state index contributed by atoms with van der Waals surface area (Å²) in [5.41, 5.74) is 10.8. The van der Waals surface area contributed by atoms with Crippen LogP contribution in [0.25, 0.3) is 94.8 Å². The van der Waals surface area contributed by atoms with Gasteiger partial charge in [-0.2, -0.15) is 0 Å². The summed E-state index contributed by atoms with van der Waals surface area (Å²) in [4.78, 5) is 28.9. The van der Waals surface area contributed by atoms with Crippen LogP contribution in [-0.4, -0.2) is 24.9 Å². The molecule has 0 saturated heterocycles. The molecule has 9 rings (SSSR count). The number of aromatic nitrogens is 5. The monoisotopic (exact) mass is 690 g/mol. The number of hydrogen-bond donors (Lipinski definition) is 0. The minimum atomic E-state index is 0.562. The lowest BCUT2D eigenvalue weighted by molar-refractivity contribution is 1.07. The molecule has 0 bridgehead atoms. The number of para-hydroxylation sites is 1. The number of nitrogens with zero attached hydrogens (tertiary/aromatic N) is 6. The van der Waals surface area contributed by atoms with E-state index in [0.29, 0.717) is 29.0 Å². The molecule has 2 aromatic heterocycles. The Morgan fingerprint density at radius 3 is 1.46 bits per heavy atom. The fourth-order valence-electron chi connectivity index (χ4n) is 6.74. The molecule has 0 aliphatic heterocycles. The molecule has 0 unspecified atom stereocenters. The lowest BCUT2D eigenvalue weighted by Crippen LogP contribution is -2.01. The highest BCUT2D eigenvalue weighted by molar-refractivity contribution is 5.96. The van der Waals surface area contributed by atoms with Gasteiger partial charge in [0.15, 0.2) is 29.0 Å². The van der Waals surface area contributed by atoms with Crippen molar-refractivity contribution < 1.29 is 0 Å². The second kappa shape index (κ2) is 14.2. The van der Waals surface area contributed by atoms with Crippen molar-refractivity contribution in [3.8, 4) is 79.1 Å². The zero-order valence-corrected chi connectivity index (χ0v) is 29.0. The number of rotatable bonds is 7. The molecule has 0 aliphatic rings. The van der Waals surface area contributed by atoms with E-state index in [4.69, 9.17) is 31.5 Å². The summed E-state index contributed by atoms with van der Waals surface area (Å²) in [5, 5.41) is 0.997. The van der Waals surface area contributed by atoms with Gasteiger partial charge in [0.2, 0.25) is 0 Å². The van der Waals surface area contributed by atoms with Crippen molar-refractivity contribution in [3.05, 3.63) is 193 Å². The maximum absolute atomic E-state index is 7.57. The Labute approximate surface area is 313 Å². The third-order valence-corrected chi connectivity index (χ3v) is 9.39. The molecule has 6 nitrogen and oxygen atoms in total. The van der Waals surface area contributed by atoms with Crippen LogP contribution in [0.2, 0.25) is 0 Å². The Bertz CT molecular complexity index is 2760. The van der Waals surface area contributed by atoms with Crippen molar-refractivity contribution in [1.29, 1.82) is 0 Å². The fourth-order valence-corrected chi connectivity index (χ4v) is 6.74. The first kappa shape index (κ1) is 32.3. The number of fused-ring (bicyclic) bond motifs is 1. The van der Waals surface area contributed by atoms with Gasteiger partial charge in [0, 0.05) is 33.2 Å². The van der Waals surface area contributed by atoms with E-state index in [2.05, 4.69) is 53.4 Å². The van der Waals surface area contributed by atoms with Crippen molar-refractivity contribution >= 4 is 16.6 Å². The van der Waals surface area contributed by atoms with E-state index in [0.717, 1.165) is 66.7 Å². The van der Waals surface area contributed by atoms with E-state index < -0.39 is 0 Å². The van der Waals surface area contributed by atoms with Gasteiger partial charge in [-0.1, -0.05) is 170 Å². The zero-order chi connectivity index (χ0) is 36.3. The van der Waals surface area contributed by atoms with Crippen molar-refractivity contribution in [2.45, 2.75) is 0 Å². The van der Waals surface area contributed by atoms with Crippen molar-refractivity contribution in [2.75, 3.05) is 0 Å². The van der Waals surface area contributed by atoms with Crippen molar-refractivity contribution in [2.24, 2.45) is 0 Å². The lowest BCUT2D eigenvalue weighted by Gasteiger charge is -2.17. The van der Waals surface area contributed by atoms with Crippen LogP contribution in [0.5, 0.6) is 0 Å². The van der Waals surface area contributed by atoms with Crippen LogP contribution in [0.3, 0.4) is 0 Å². The predicted molar refractivity (Wildman–Crippen MR) is 217 cm³/mol. The van der Waals surface area contributed by atoms with Gasteiger partial charge in [0.25, 0.3) is 0 Å². The topological polar surface area (TPSA) is 68.8 Å². The highest BCUT2D eigenvalue weighted by Crippen LogP contribution is 2.41. The second-order valence-corrected chi connectivity index (χ2v) is 12.8. The normalized spacial score (nSPS) is 10.9. The summed E-state index contributed by atoms with van der Waals surface area (Å²) in [5.74, 6) is 2.39. The van der Waals surface area contributed by atoms with Crippen LogP contribution >= 0.6 is 0 Å². The van der Waals surface area contributed by atoms with Crippen LogP contribution in [-0.2, 0) is 0 Å². The third-order valence-electron chi connectivity index (χ3n) is 9.39. The smallest absolute Gasteiger partial charge is 0.187 e. The summed E-state index contributed by atoms with van der Waals surface area (Å²) in [7, 11) is 0. The van der Waals surface area contributed by atoms with E-state index in [1.165, 1.54) is 0 Å². The molecule has 0 aliphatic carbocycles. The first-order valence-electron chi connectivity index (χ1n) is 17.6. The lowest BCUT2D eigenvalue weighted by atomic mass is 9.89. The molecule has 0 atom stereocenters. The first-order valence-corrected chi connectivity index (χ1v) is 17.6. The Kier molecular flexibility index (Phi) is 8.48. The standard InChI is InChI=1S/C48H30N6/c1-49-37-28-25-32(26-29-37)42-31-36(47-53-45(34-17-7-3-8-18-34)52-46(54-47)35-19-9-4-10-20-35)27-30-39(42)38-21-11-12-22-40(38)48-50-43-24-14-13-23-41(43)44(51-48)33-15-5-2-6-16-33/h2-31H.